The zero-order valence-electron chi connectivity index (χ0n) is 11.6. The van der Waals surface area contributed by atoms with Gasteiger partial charge < -0.3 is 10.6 Å². The second-order valence-corrected chi connectivity index (χ2v) is 5.06. The summed E-state index contributed by atoms with van der Waals surface area (Å²) in [4.78, 5) is 11.9. The lowest BCUT2D eigenvalue weighted by Gasteiger charge is -2.15. The Morgan fingerprint density at radius 1 is 1.19 bits per heavy atom. The fraction of sp³-hybridized carbons (Fsp3) is 0.188. The molecule has 2 N–H and O–H groups in total. The maximum atomic E-state index is 13.6. The summed E-state index contributed by atoms with van der Waals surface area (Å²) in [6, 6.07) is 13.2. The predicted molar refractivity (Wildman–Crippen MR) is 82.9 cm³/mol. The van der Waals surface area contributed by atoms with Crippen LogP contribution in [0.4, 0.5) is 10.1 Å². The van der Waals surface area contributed by atoms with E-state index < -0.39 is 0 Å². The third-order valence-corrected chi connectivity index (χ3v) is 3.42. The van der Waals surface area contributed by atoms with Crippen LogP contribution in [0.15, 0.2) is 48.5 Å². The van der Waals surface area contributed by atoms with Gasteiger partial charge in [-0.05, 0) is 25.1 Å². The highest BCUT2D eigenvalue weighted by atomic mass is 35.5. The maximum Gasteiger partial charge on any atom is 0.238 e. The summed E-state index contributed by atoms with van der Waals surface area (Å²) < 4.78 is 13.6. The molecule has 0 aliphatic rings. The van der Waals surface area contributed by atoms with Crippen LogP contribution in [0.25, 0.3) is 0 Å². The molecule has 3 nitrogen and oxygen atoms in total. The quantitative estimate of drug-likeness (QED) is 0.883. The Morgan fingerprint density at radius 3 is 2.57 bits per heavy atom. The lowest BCUT2D eigenvalue weighted by atomic mass is 10.1. The van der Waals surface area contributed by atoms with E-state index in [-0.39, 0.29) is 24.3 Å². The van der Waals surface area contributed by atoms with Gasteiger partial charge in [-0.25, -0.2) is 4.39 Å². The van der Waals surface area contributed by atoms with Crippen molar-refractivity contribution in [1.29, 1.82) is 0 Å². The van der Waals surface area contributed by atoms with E-state index in [4.69, 9.17) is 11.6 Å². The van der Waals surface area contributed by atoms with Gasteiger partial charge in [-0.15, -0.1) is 0 Å². The number of carbonyl (C=O) groups excluding carboxylic acids is 1. The molecule has 0 spiro atoms. The normalized spacial score (nSPS) is 12.0. The molecule has 1 amide bonds. The molecule has 0 aromatic heterocycles. The van der Waals surface area contributed by atoms with Crippen LogP contribution in [0.5, 0.6) is 0 Å². The van der Waals surface area contributed by atoms with Crippen LogP contribution in [0.1, 0.15) is 18.5 Å². The maximum absolute atomic E-state index is 13.6. The van der Waals surface area contributed by atoms with E-state index in [1.54, 1.807) is 49.4 Å². The van der Waals surface area contributed by atoms with Crippen molar-refractivity contribution in [2.24, 2.45) is 0 Å². The van der Waals surface area contributed by atoms with Gasteiger partial charge in [-0.3, -0.25) is 4.79 Å². The third kappa shape index (κ3) is 4.28. The van der Waals surface area contributed by atoms with E-state index in [0.29, 0.717) is 16.3 Å². The van der Waals surface area contributed by atoms with Crippen LogP contribution >= 0.6 is 11.6 Å². The Kier molecular flexibility index (Phi) is 5.31. The second kappa shape index (κ2) is 7.20. The van der Waals surface area contributed by atoms with Gasteiger partial charge in [-0.2, -0.15) is 0 Å². The Balaban J connectivity index is 1.90. The van der Waals surface area contributed by atoms with Gasteiger partial charge in [0.1, 0.15) is 5.82 Å². The minimum atomic E-state index is -0.288. The molecule has 0 unspecified atom stereocenters. The monoisotopic (exact) mass is 306 g/mol. The number of carbonyl (C=O) groups is 1. The molecule has 2 aromatic rings. The molecule has 0 saturated carbocycles. The number of nitrogens with one attached hydrogen (secondary N) is 2. The molecular formula is C16H16ClFN2O. The molecule has 0 bridgehead atoms. The van der Waals surface area contributed by atoms with Gasteiger partial charge in [-0.1, -0.05) is 41.9 Å². The Labute approximate surface area is 128 Å². The van der Waals surface area contributed by atoms with Crippen LogP contribution < -0.4 is 10.6 Å². The second-order valence-electron chi connectivity index (χ2n) is 4.65. The molecule has 0 heterocycles. The summed E-state index contributed by atoms with van der Waals surface area (Å²) in [5.74, 6) is -0.518. The third-order valence-electron chi connectivity index (χ3n) is 3.09. The fourth-order valence-electron chi connectivity index (χ4n) is 1.94. The molecule has 21 heavy (non-hydrogen) atoms. The molecule has 0 aliphatic carbocycles. The number of benzene rings is 2. The van der Waals surface area contributed by atoms with Crippen molar-refractivity contribution in [1.82, 2.24) is 5.32 Å². The summed E-state index contributed by atoms with van der Waals surface area (Å²) in [5.41, 5.74) is 1.09. The molecule has 110 valence electrons. The molecular weight excluding hydrogens is 291 g/mol. The van der Waals surface area contributed by atoms with Gasteiger partial charge >= 0.3 is 0 Å². The van der Waals surface area contributed by atoms with Gasteiger partial charge in [0.15, 0.2) is 0 Å². The molecule has 2 rings (SSSR count). The van der Waals surface area contributed by atoms with Crippen molar-refractivity contribution < 1.29 is 9.18 Å². The average molecular weight is 307 g/mol. The average Bonchev–Trinajstić information content (AvgIpc) is 2.48. The van der Waals surface area contributed by atoms with Crippen molar-refractivity contribution in [3.8, 4) is 0 Å². The molecule has 0 saturated heterocycles. The minimum absolute atomic E-state index is 0.0702. The van der Waals surface area contributed by atoms with E-state index in [2.05, 4.69) is 10.6 Å². The number of rotatable bonds is 5. The highest BCUT2D eigenvalue weighted by Gasteiger charge is 2.12. The van der Waals surface area contributed by atoms with Gasteiger partial charge in [0.05, 0.1) is 17.3 Å². The summed E-state index contributed by atoms with van der Waals surface area (Å²) in [6.45, 7) is 1.88. The SMILES string of the molecule is C[C@@H](NCC(=O)Nc1ccccc1Cl)c1ccccc1F. The molecule has 0 aliphatic heterocycles. The molecule has 2 aromatic carbocycles. The number of anilines is 1. The Morgan fingerprint density at radius 2 is 1.86 bits per heavy atom. The Hall–Kier alpha value is -1.91. The fourth-order valence-corrected chi connectivity index (χ4v) is 2.12. The first-order valence-corrected chi connectivity index (χ1v) is 6.98. The minimum Gasteiger partial charge on any atom is -0.324 e. The largest absolute Gasteiger partial charge is 0.324 e. The van der Waals surface area contributed by atoms with Crippen molar-refractivity contribution in [2.45, 2.75) is 13.0 Å². The van der Waals surface area contributed by atoms with E-state index in [1.165, 1.54) is 6.07 Å². The number of hydrogen-bond donors (Lipinski definition) is 2. The Bertz CT molecular complexity index is 633. The standard InChI is InChI=1S/C16H16ClFN2O/c1-11(12-6-2-4-8-14(12)18)19-10-16(21)20-15-9-5-3-7-13(15)17/h2-9,11,19H,10H2,1H3,(H,20,21)/t11-/m1/s1. The first kappa shape index (κ1) is 15.5. The molecule has 5 heteroatoms. The summed E-state index contributed by atoms with van der Waals surface area (Å²) in [6.07, 6.45) is 0. The lowest BCUT2D eigenvalue weighted by molar-refractivity contribution is -0.115. The van der Waals surface area contributed by atoms with Crippen LogP contribution in [0.3, 0.4) is 0 Å². The van der Waals surface area contributed by atoms with E-state index in [9.17, 15) is 9.18 Å². The van der Waals surface area contributed by atoms with E-state index in [0.717, 1.165) is 0 Å². The number of halogens is 2. The van der Waals surface area contributed by atoms with Crippen molar-refractivity contribution in [3.05, 3.63) is 64.9 Å². The van der Waals surface area contributed by atoms with E-state index >= 15 is 0 Å². The first-order chi connectivity index (χ1) is 10.1. The van der Waals surface area contributed by atoms with Gasteiger partial charge in [0.25, 0.3) is 0 Å². The highest BCUT2D eigenvalue weighted by molar-refractivity contribution is 6.33. The predicted octanol–water partition coefficient (Wildman–Crippen LogP) is 3.77. The van der Waals surface area contributed by atoms with Crippen LogP contribution in [0, 0.1) is 5.82 Å². The highest BCUT2D eigenvalue weighted by Crippen LogP contribution is 2.20. The molecule has 1 atom stereocenters. The lowest BCUT2D eigenvalue weighted by Crippen LogP contribution is -2.30. The zero-order chi connectivity index (χ0) is 15.2. The van der Waals surface area contributed by atoms with Crippen molar-refractivity contribution in [3.63, 3.8) is 0 Å². The van der Waals surface area contributed by atoms with Crippen molar-refractivity contribution in [2.75, 3.05) is 11.9 Å². The van der Waals surface area contributed by atoms with Crippen molar-refractivity contribution >= 4 is 23.2 Å². The van der Waals surface area contributed by atoms with Crippen LogP contribution in [-0.2, 0) is 4.79 Å². The molecule has 0 fully saturated rings. The van der Waals surface area contributed by atoms with Gasteiger partial charge in [0, 0.05) is 11.6 Å². The topological polar surface area (TPSA) is 41.1 Å². The first-order valence-electron chi connectivity index (χ1n) is 6.60. The number of para-hydroxylation sites is 1. The smallest absolute Gasteiger partial charge is 0.238 e. The molecule has 0 radical (unpaired) electrons. The van der Waals surface area contributed by atoms with E-state index in [1.807, 2.05) is 0 Å². The summed E-state index contributed by atoms with van der Waals surface area (Å²) in [5, 5.41) is 6.17. The zero-order valence-corrected chi connectivity index (χ0v) is 12.3. The number of amides is 1. The van der Waals surface area contributed by atoms with Crippen LogP contribution in [0.2, 0.25) is 5.02 Å². The van der Waals surface area contributed by atoms with Crippen LogP contribution in [-0.4, -0.2) is 12.5 Å². The number of hydrogen-bond acceptors (Lipinski definition) is 2. The summed E-state index contributed by atoms with van der Waals surface area (Å²) in [7, 11) is 0. The summed E-state index contributed by atoms with van der Waals surface area (Å²) >= 11 is 5.96. The van der Waals surface area contributed by atoms with Gasteiger partial charge in [0.2, 0.25) is 5.91 Å².